The van der Waals surface area contributed by atoms with Gasteiger partial charge in [-0.25, -0.2) is 4.98 Å². The van der Waals surface area contributed by atoms with Crippen molar-refractivity contribution in [2.24, 2.45) is 13.0 Å². The molecule has 92 valence electrons. The second-order valence-electron chi connectivity index (χ2n) is 4.97. The van der Waals surface area contributed by atoms with Crippen molar-refractivity contribution < 1.29 is 0 Å². The summed E-state index contributed by atoms with van der Waals surface area (Å²) in [6.07, 6.45) is 2.24. The maximum atomic E-state index is 8.94. The number of benzene rings is 1. The van der Waals surface area contributed by atoms with E-state index in [2.05, 4.69) is 20.9 Å². The Balaban J connectivity index is 1.97. The molecule has 2 heterocycles. The van der Waals surface area contributed by atoms with Crippen molar-refractivity contribution in [2.45, 2.75) is 12.8 Å². The Morgan fingerprint density at radius 3 is 3.17 bits per heavy atom. The van der Waals surface area contributed by atoms with Crippen molar-refractivity contribution in [1.82, 2.24) is 14.9 Å². The molecule has 2 aromatic rings. The molecule has 0 amide bonds. The molecule has 1 aromatic carbocycles. The van der Waals surface area contributed by atoms with Gasteiger partial charge in [0.15, 0.2) is 0 Å². The van der Waals surface area contributed by atoms with Gasteiger partial charge >= 0.3 is 0 Å². The van der Waals surface area contributed by atoms with Crippen LogP contribution in [0.25, 0.3) is 11.0 Å². The van der Waals surface area contributed by atoms with Gasteiger partial charge in [0.05, 0.1) is 22.7 Å². The molecular formula is C14H16N4. The SMILES string of the molecule is Cn1c(CC2CCNC2)nc2ccc(C#N)cc21. The summed E-state index contributed by atoms with van der Waals surface area (Å²) in [6, 6.07) is 7.86. The highest BCUT2D eigenvalue weighted by atomic mass is 15.1. The highest BCUT2D eigenvalue weighted by molar-refractivity contribution is 5.77. The van der Waals surface area contributed by atoms with Gasteiger partial charge in [0, 0.05) is 13.5 Å². The van der Waals surface area contributed by atoms with E-state index in [0.29, 0.717) is 11.5 Å². The molecule has 1 fully saturated rings. The van der Waals surface area contributed by atoms with Crippen LogP contribution in [0.4, 0.5) is 0 Å². The zero-order chi connectivity index (χ0) is 12.5. The molecule has 1 unspecified atom stereocenters. The van der Waals surface area contributed by atoms with Crippen LogP contribution >= 0.6 is 0 Å². The lowest BCUT2D eigenvalue weighted by molar-refractivity contribution is 0.552. The minimum Gasteiger partial charge on any atom is -0.331 e. The normalized spacial score (nSPS) is 19.2. The average Bonchev–Trinajstić information content (AvgIpc) is 2.99. The van der Waals surface area contributed by atoms with E-state index in [-0.39, 0.29) is 0 Å². The molecule has 0 spiro atoms. The third-order valence-electron chi connectivity index (χ3n) is 3.74. The number of rotatable bonds is 2. The molecule has 1 aliphatic rings. The standard InChI is InChI=1S/C14H16N4/c1-18-13-6-10(8-15)2-3-12(13)17-14(18)7-11-4-5-16-9-11/h2-3,6,11,16H,4-5,7,9H2,1H3. The zero-order valence-corrected chi connectivity index (χ0v) is 10.5. The average molecular weight is 240 g/mol. The van der Waals surface area contributed by atoms with E-state index in [1.807, 2.05) is 25.2 Å². The van der Waals surface area contributed by atoms with E-state index in [4.69, 9.17) is 5.26 Å². The number of nitrogens with one attached hydrogen (secondary N) is 1. The van der Waals surface area contributed by atoms with Crippen molar-refractivity contribution in [2.75, 3.05) is 13.1 Å². The number of nitriles is 1. The molecule has 1 atom stereocenters. The molecule has 1 saturated heterocycles. The molecule has 0 bridgehead atoms. The Morgan fingerprint density at radius 1 is 1.56 bits per heavy atom. The Hall–Kier alpha value is -1.86. The first-order valence-corrected chi connectivity index (χ1v) is 6.34. The van der Waals surface area contributed by atoms with Crippen LogP contribution < -0.4 is 5.32 Å². The summed E-state index contributed by atoms with van der Waals surface area (Å²) < 4.78 is 2.12. The first kappa shape index (κ1) is 11.2. The first-order chi connectivity index (χ1) is 8.78. The van der Waals surface area contributed by atoms with E-state index >= 15 is 0 Å². The van der Waals surface area contributed by atoms with Gasteiger partial charge in [0.25, 0.3) is 0 Å². The quantitative estimate of drug-likeness (QED) is 0.867. The summed E-state index contributed by atoms with van der Waals surface area (Å²) >= 11 is 0. The van der Waals surface area contributed by atoms with Crippen LogP contribution in [0.3, 0.4) is 0 Å². The predicted octanol–water partition coefficient (Wildman–Crippen LogP) is 1.60. The number of imidazole rings is 1. The smallest absolute Gasteiger partial charge is 0.109 e. The van der Waals surface area contributed by atoms with E-state index in [1.54, 1.807) is 0 Å². The molecule has 1 aromatic heterocycles. The van der Waals surface area contributed by atoms with Crippen LogP contribution in [-0.2, 0) is 13.5 Å². The Bertz CT molecular complexity index is 614. The summed E-state index contributed by atoms with van der Waals surface area (Å²) in [5.74, 6) is 1.81. The topological polar surface area (TPSA) is 53.6 Å². The third kappa shape index (κ3) is 1.87. The lowest BCUT2D eigenvalue weighted by atomic mass is 10.0. The number of hydrogen-bond donors (Lipinski definition) is 1. The van der Waals surface area contributed by atoms with Gasteiger partial charge in [0.1, 0.15) is 5.82 Å². The molecule has 18 heavy (non-hydrogen) atoms. The van der Waals surface area contributed by atoms with Crippen LogP contribution in [-0.4, -0.2) is 22.6 Å². The molecule has 4 nitrogen and oxygen atoms in total. The fourth-order valence-electron chi connectivity index (χ4n) is 2.64. The predicted molar refractivity (Wildman–Crippen MR) is 70.1 cm³/mol. The highest BCUT2D eigenvalue weighted by Gasteiger charge is 2.18. The van der Waals surface area contributed by atoms with E-state index < -0.39 is 0 Å². The maximum absolute atomic E-state index is 8.94. The minimum atomic E-state index is 0.691. The van der Waals surface area contributed by atoms with Gasteiger partial charge < -0.3 is 9.88 Å². The fourth-order valence-corrected chi connectivity index (χ4v) is 2.64. The lowest BCUT2D eigenvalue weighted by Gasteiger charge is -2.07. The molecule has 3 rings (SSSR count). The number of fused-ring (bicyclic) bond motifs is 1. The van der Waals surface area contributed by atoms with Crippen molar-refractivity contribution in [3.8, 4) is 6.07 Å². The Kier molecular flexibility index (Phi) is 2.77. The summed E-state index contributed by atoms with van der Waals surface area (Å²) in [5, 5.41) is 12.3. The number of hydrogen-bond acceptors (Lipinski definition) is 3. The van der Waals surface area contributed by atoms with E-state index in [9.17, 15) is 0 Å². The largest absolute Gasteiger partial charge is 0.331 e. The van der Waals surface area contributed by atoms with Gasteiger partial charge in [-0.3, -0.25) is 0 Å². The third-order valence-corrected chi connectivity index (χ3v) is 3.74. The monoisotopic (exact) mass is 240 g/mol. The van der Waals surface area contributed by atoms with E-state index in [0.717, 1.165) is 36.4 Å². The van der Waals surface area contributed by atoms with Gasteiger partial charge in [-0.15, -0.1) is 0 Å². The Labute approximate surface area is 106 Å². The molecule has 0 radical (unpaired) electrons. The number of nitrogens with zero attached hydrogens (tertiary/aromatic N) is 3. The molecule has 1 aliphatic heterocycles. The second kappa shape index (κ2) is 4.43. The Morgan fingerprint density at radius 2 is 2.44 bits per heavy atom. The van der Waals surface area contributed by atoms with Gasteiger partial charge in [-0.05, 0) is 43.6 Å². The van der Waals surface area contributed by atoms with Crippen molar-refractivity contribution in [3.63, 3.8) is 0 Å². The first-order valence-electron chi connectivity index (χ1n) is 6.34. The van der Waals surface area contributed by atoms with Crippen LogP contribution in [0.2, 0.25) is 0 Å². The summed E-state index contributed by atoms with van der Waals surface area (Å²) in [7, 11) is 2.04. The van der Waals surface area contributed by atoms with Crippen molar-refractivity contribution >= 4 is 11.0 Å². The van der Waals surface area contributed by atoms with Crippen LogP contribution in [0.15, 0.2) is 18.2 Å². The molecular weight excluding hydrogens is 224 g/mol. The fraction of sp³-hybridized carbons (Fsp3) is 0.429. The maximum Gasteiger partial charge on any atom is 0.109 e. The molecule has 1 N–H and O–H groups in total. The van der Waals surface area contributed by atoms with Crippen LogP contribution in [0.5, 0.6) is 0 Å². The summed E-state index contributed by atoms with van der Waals surface area (Å²) in [4.78, 5) is 4.68. The summed E-state index contributed by atoms with van der Waals surface area (Å²) in [5.41, 5.74) is 2.73. The zero-order valence-electron chi connectivity index (χ0n) is 10.5. The number of aryl methyl sites for hydroxylation is 1. The van der Waals surface area contributed by atoms with Crippen LogP contribution in [0, 0.1) is 17.2 Å². The second-order valence-corrected chi connectivity index (χ2v) is 4.97. The van der Waals surface area contributed by atoms with E-state index in [1.165, 1.54) is 6.42 Å². The van der Waals surface area contributed by atoms with Gasteiger partial charge in [-0.1, -0.05) is 0 Å². The molecule has 0 aliphatic carbocycles. The number of aromatic nitrogens is 2. The minimum absolute atomic E-state index is 0.691. The van der Waals surface area contributed by atoms with Crippen molar-refractivity contribution in [3.05, 3.63) is 29.6 Å². The molecule has 0 saturated carbocycles. The lowest BCUT2D eigenvalue weighted by Crippen LogP contribution is -2.12. The van der Waals surface area contributed by atoms with Crippen molar-refractivity contribution in [1.29, 1.82) is 5.26 Å². The highest BCUT2D eigenvalue weighted by Crippen LogP contribution is 2.20. The summed E-state index contributed by atoms with van der Waals surface area (Å²) in [6.45, 7) is 2.21. The molecule has 4 heteroatoms. The van der Waals surface area contributed by atoms with Gasteiger partial charge in [0.2, 0.25) is 0 Å². The van der Waals surface area contributed by atoms with Gasteiger partial charge in [-0.2, -0.15) is 5.26 Å². The van der Waals surface area contributed by atoms with Crippen LogP contribution in [0.1, 0.15) is 17.8 Å².